The minimum Gasteiger partial charge on any atom is -0.438 e. The topological polar surface area (TPSA) is 46.3 Å². The molecule has 0 radical (unpaired) electrons. The van der Waals surface area contributed by atoms with E-state index in [1.54, 1.807) is 18.2 Å². The van der Waals surface area contributed by atoms with Crippen LogP contribution >= 0.6 is 23.2 Å². The van der Waals surface area contributed by atoms with Crippen molar-refractivity contribution in [3.05, 3.63) is 57.2 Å². The number of hydrogen-bond acceptors (Lipinski definition) is 3. The summed E-state index contributed by atoms with van der Waals surface area (Å²) in [6.07, 6.45) is 1.21. The number of oxazole rings is 1. The van der Waals surface area contributed by atoms with Crippen LogP contribution < -0.4 is 0 Å². The number of aromatic nitrogens is 1. The fraction of sp³-hybridized carbons (Fsp3) is 0.294. The molecule has 1 aliphatic heterocycles. The molecule has 0 N–H and O–H groups in total. The molecule has 0 bridgehead atoms. The lowest BCUT2D eigenvalue weighted by atomic mass is 10.0. The molecule has 0 unspecified atom stereocenters. The van der Waals surface area contributed by atoms with Gasteiger partial charge in [0, 0.05) is 23.1 Å². The van der Waals surface area contributed by atoms with Crippen LogP contribution in [-0.2, 0) is 0 Å². The van der Waals surface area contributed by atoms with Crippen molar-refractivity contribution < 1.29 is 18.0 Å². The number of benzene rings is 1. The lowest BCUT2D eigenvalue weighted by molar-refractivity contribution is 0.0695. The van der Waals surface area contributed by atoms with Gasteiger partial charge >= 0.3 is 0 Å². The minimum absolute atomic E-state index is 0.389. The molecule has 25 heavy (non-hydrogen) atoms. The highest BCUT2D eigenvalue weighted by atomic mass is 35.5. The SMILES string of the molecule is O=C(c1ocnc1C(F)F)N1CCC(=Cc2cc(Cl)ccc2Cl)CC1. The van der Waals surface area contributed by atoms with Gasteiger partial charge in [-0.1, -0.05) is 34.9 Å². The monoisotopic (exact) mass is 386 g/mol. The molecule has 2 heterocycles. The van der Waals surface area contributed by atoms with Crippen LogP contribution in [0, 0.1) is 0 Å². The molecule has 0 atom stereocenters. The molecule has 1 amide bonds. The molecule has 1 fully saturated rings. The number of amides is 1. The number of hydrogen-bond donors (Lipinski definition) is 0. The summed E-state index contributed by atoms with van der Waals surface area (Å²) in [5.41, 5.74) is 1.32. The van der Waals surface area contributed by atoms with Crippen molar-refractivity contribution in [2.24, 2.45) is 0 Å². The van der Waals surface area contributed by atoms with E-state index in [0.717, 1.165) is 17.5 Å². The summed E-state index contributed by atoms with van der Waals surface area (Å²) in [7, 11) is 0. The molecule has 1 aromatic heterocycles. The maximum absolute atomic E-state index is 12.8. The maximum atomic E-state index is 12.8. The Hall–Kier alpha value is -1.92. The Kier molecular flexibility index (Phi) is 5.39. The Labute approximate surface area is 153 Å². The van der Waals surface area contributed by atoms with Gasteiger partial charge in [0.05, 0.1) is 0 Å². The van der Waals surface area contributed by atoms with Gasteiger partial charge in [0.15, 0.2) is 12.1 Å². The number of nitrogens with zero attached hydrogens (tertiary/aromatic N) is 2. The van der Waals surface area contributed by atoms with E-state index in [0.29, 0.717) is 36.0 Å². The highest BCUT2D eigenvalue weighted by Crippen LogP contribution is 2.28. The van der Waals surface area contributed by atoms with Crippen LogP contribution in [0.2, 0.25) is 10.0 Å². The zero-order valence-electron chi connectivity index (χ0n) is 13.0. The number of likely N-dealkylation sites (tertiary alicyclic amines) is 1. The molecule has 1 aromatic carbocycles. The van der Waals surface area contributed by atoms with Crippen LogP contribution in [0.1, 0.15) is 41.1 Å². The Morgan fingerprint density at radius 3 is 2.68 bits per heavy atom. The first-order chi connectivity index (χ1) is 12.0. The largest absolute Gasteiger partial charge is 0.438 e. The Morgan fingerprint density at radius 1 is 1.28 bits per heavy atom. The third-order valence-electron chi connectivity index (χ3n) is 4.01. The predicted octanol–water partition coefficient (Wildman–Crippen LogP) is 5.24. The van der Waals surface area contributed by atoms with Gasteiger partial charge < -0.3 is 9.32 Å². The van der Waals surface area contributed by atoms with Gasteiger partial charge in [0.2, 0.25) is 5.76 Å². The van der Waals surface area contributed by atoms with Gasteiger partial charge in [-0.15, -0.1) is 0 Å². The van der Waals surface area contributed by atoms with E-state index in [2.05, 4.69) is 4.98 Å². The molecule has 0 spiro atoms. The third-order valence-corrected chi connectivity index (χ3v) is 4.59. The number of carbonyl (C=O) groups excluding carboxylic acids is 1. The van der Waals surface area contributed by atoms with E-state index >= 15 is 0 Å². The fourth-order valence-electron chi connectivity index (χ4n) is 2.70. The predicted molar refractivity (Wildman–Crippen MR) is 91.0 cm³/mol. The molecular weight excluding hydrogens is 373 g/mol. The normalized spacial score (nSPS) is 14.9. The second kappa shape index (κ2) is 7.54. The average molecular weight is 387 g/mol. The van der Waals surface area contributed by atoms with E-state index in [4.69, 9.17) is 27.6 Å². The van der Waals surface area contributed by atoms with Gasteiger partial charge in [-0.2, -0.15) is 0 Å². The van der Waals surface area contributed by atoms with Crippen molar-refractivity contribution in [2.45, 2.75) is 19.3 Å². The van der Waals surface area contributed by atoms with E-state index in [-0.39, 0.29) is 5.76 Å². The van der Waals surface area contributed by atoms with Crippen LogP contribution in [0.15, 0.2) is 34.6 Å². The van der Waals surface area contributed by atoms with Crippen LogP contribution in [0.4, 0.5) is 8.78 Å². The fourth-order valence-corrected chi connectivity index (χ4v) is 3.05. The number of halogens is 4. The smallest absolute Gasteiger partial charge is 0.291 e. The summed E-state index contributed by atoms with van der Waals surface area (Å²) in [4.78, 5) is 17.3. The Bertz CT molecular complexity index is 811. The Morgan fingerprint density at radius 2 is 2.00 bits per heavy atom. The summed E-state index contributed by atoms with van der Waals surface area (Å²) in [5, 5.41) is 1.19. The molecule has 2 aromatic rings. The summed E-state index contributed by atoms with van der Waals surface area (Å²) in [5.74, 6) is -0.951. The number of piperidine rings is 1. The van der Waals surface area contributed by atoms with Gasteiger partial charge in [-0.25, -0.2) is 13.8 Å². The molecule has 4 nitrogen and oxygen atoms in total. The van der Waals surface area contributed by atoms with Crippen LogP contribution in [-0.4, -0.2) is 28.9 Å². The first-order valence-corrected chi connectivity index (χ1v) is 8.36. The Balaban J connectivity index is 1.69. The minimum atomic E-state index is -2.84. The van der Waals surface area contributed by atoms with Crippen LogP contribution in [0.5, 0.6) is 0 Å². The highest BCUT2D eigenvalue weighted by Gasteiger charge is 2.29. The lowest BCUT2D eigenvalue weighted by Gasteiger charge is -2.28. The van der Waals surface area contributed by atoms with E-state index in [9.17, 15) is 13.6 Å². The molecule has 0 saturated carbocycles. The summed E-state index contributed by atoms with van der Waals surface area (Å²) in [6.45, 7) is 0.818. The van der Waals surface area contributed by atoms with Crippen molar-refractivity contribution in [3.63, 3.8) is 0 Å². The standard InChI is InChI=1S/C17H14Cl2F2N2O2/c18-12-1-2-13(19)11(8-12)7-10-3-5-23(6-4-10)17(24)15-14(16(20)21)22-9-25-15/h1-2,7-9,16H,3-6H2. The van der Waals surface area contributed by atoms with Crippen LogP contribution in [0.25, 0.3) is 6.08 Å². The van der Waals surface area contributed by atoms with E-state index in [1.165, 1.54) is 4.90 Å². The maximum Gasteiger partial charge on any atom is 0.291 e. The van der Waals surface area contributed by atoms with Gasteiger partial charge in [-0.05, 0) is 36.6 Å². The molecular formula is C17H14Cl2F2N2O2. The zero-order valence-corrected chi connectivity index (χ0v) is 14.5. The van der Waals surface area contributed by atoms with E-state index < -0.39 is 18.0 Å². The number of rotatable bonds is 3. The summed E-state index contributed by atoms with van der Waals surface area (Å²) < 4.78 is 30.5. The molecule has 1 saturated heterocycles. The zero-order chi connectivity index (χ0) is 18.0. The van der Waals surface area contributed by atoms with Gasteiger partial charge in [0.1, 0.15) is 0 Å². The molecule has 8 heteroatoms. The first-order valence-electron chi connectivity index (χ1n) is 7.61. The molecule has 1 aliphatic rings. The number of carbonyl (C=O) groups is 1. The van der Waals surface area contributed by atoms with Gasteiger partial charge in [0.25, 0.3) is 12.3 Å². The molecule has 0 aliphatic carbocycles. The van der Waals surface area contributed by atoms with Crippen LogP contribution in [0.3, 0.4) is 0 Å². The van der Waals surface area contributed by atoms with Crippen molar-refractivity contribution in [1.82, 2.24) is 9.88 Å². The van der Waals surface area contributed by atoms with Crippen molar-refractivity contribution >= 4 is 35.2 Å². The summed E-state index contributed by atoms with van der Waals surface area (Å²) >= 11 is 12.1. The van der Waals surface area contributed by atoms with E-state index in [1.807, 2.05) is 6.08 Å². The second-order valence-electron chi connectivity index (χ2n) is 5.63. The molecule has 3 rings (SSSR count). The quantitative estimate of drug-likeness (QED) is 0.724. The lowest BCUT2D eigenvalue weighted by Crippen LogP contribution is -2.36. The molecule has 132 valence electrons. The summed E-state index contributed by atoms with van der Waals surface area (Å²) in [6, 6.07) is 5.22. The van der Waals surface area contributed by atoms with Crippen molar-refractivity contribution in [1.29, 1.82) is 0 Å². The van der Waals surface area contributed by atoms with Gasteiger partial charge in [-0.3, -0.25) is 4.79 Å². The number of alkyl halides is 2. The van der Waals surface area contributed by atoms with Crippen molar-refractivity contribution in [3.8, 4) is 0 Å². The highest BCUT2D eigenvalue weighted by molar-refractivity contribution is 6.34. The average Bonchev–Trinajstić information content (AvgIpc) is 3.08. The first kappa shape index (κ1) is 17.9. The van der Waals surface area contributed by atoms with Crippen molar-refractivity contribution in [2.75, 3.05) is 13.1 Å². The second-order valence-corrected chi connectivity index (χ2v) is 6.47. The third kappa shape index (κ3) is 4.02.